The highest BCUT2D eigenvalue weighted by Crippen LogP contribution is 2.44. The lowest BCUT2D eigenvalue weighted by molar-refractivity contribution is 0.107. The molecule has 0 amide bonds. The molecule has 0 spiro atoms. The Kier molecular flexibility index (Phi) is 7.34. The van der Waals surface area contributed by atoms with Gasteiger partial charge in [-0.1, -0.05) is 19.0 Å². The third-order valence-corrected chi connectivity index (χ3v) is 6.88. The number of likely N-dealkylation sites (tertiary alicyclic amines) is 1. The van der Waals surface area contributed by atoms with E-state index in [-0.39, 0.29) is 24.7 Å². The van der Waals surface area contributed by atoms with E-state index in [0.717, 1.165) is 30.0 Å². The van der Waals surface area contributed by atoms with Crippen molar-refractivity contribution in [1.29, 1.82) is 0 Å². The van der Waals surface area contributed by atoms with Crippen molar-refractivity contribution >= 4 is 28.5 Å². The Morgan fingerprint density at radius 2 is 1.97 bits per heavy atom. The van der Waals surface area contributed by atoms with E-state index in [0.29, 0.717) is 34.6 Å². The van der Waals surface area contributed by atoms with E-state index < -0.39 is 0 Å². The summed E-state index contributed by atoms with van der Waals surface area (Å²) in [5.41, 5.74) is 9.50. The van der Waals surface area contributed by atoms with Crippen LogP contribution < -0.4 is 15.9 Å². The molecule has 2 N–H and O–H groups in total. The number of rotatable bonds is 6. The number of benzene rings is 1. The first-order chi connectivity index (χ1) is 15.2. The van der Waals surface area contributed by atoms with Crippen LogP contribution >= 0.6 is 11.6 Å². The topological polar surface area (TPSA) is 86.3 Å². The molecule has 8 heteroatoms. The monoisotopic (exact) mass is 471 g/mol. The number of ether oxygens (including phenoxy) is 1. The summed E-state index contributed by atoms with van der Waals surface area (Å²) in [7, 11) is 0. The SMILES string of the molecule is C.CCOc1c(C(C)n2ccc(=O)c3c(N)ncnc32)cc(Cl)c(C)c1C1CN(C(C)C)C1. The predicted molar refractivity (Wildman–Crippen MR) is 136 cm³/mol. The summed E-state index contributed by atoms with van der Waals surface area (Å²) in [5.74, 6) is 1.42. The minimum Gasteiger partial charge on any atom is -0.493 e. The Bertz CT molecular complexity index is 1220. The summed E-state index contributed by atoms with van der Waals surface area (Å²) in [6.45, 7) is 13.1. The van der Waals surface area contributed by atoms with Gasteiger partial charge in [-0.25, -0.2) is 9.97 Å². The third kappa shape index (κ3) is 4.32. The van der Waals surface area contributed by atoms with Gasteiger partial charge in [-0.2, -0.15) is 0 Å². The highest BCUT2D eigenvalue weighted by Gasteiger charge is 2.35. The molecule has 1 saturated heterocycles. The summed E-state index contributed by atoms with van der Waals surface area (Å²) in [5, 5.41) is 1.04. The van der Waals surface area contributed by atoms with E-state index in [1.807, 2.05) is 17.6 Å². The van der Waals surface area contributed by atoms with Crippen molar-refractivity contribution < 1.29 is 4.74 Å². The Hall–Kier alpha value is -2.64. The number of hydrogen-bond acceptors (Lipinski definition) is 6. The summed E-state index contributed by atoms with van der Waals surface area (Å²) in [6.07, 6.45) is 3.13. The molecule has 1 aliphatic heterocycles. The molecule has 0 bridgehead atoms. The predicted octanol–water partition coefficient (Wildman–Crippen LogP) is 4.79. The number of halogens is 1. The van der Waals surface area contributed by atoms with E-state index in [4.69, 9.17) is 22.1 Å². The van der Waals surface area contributed by atoms with Crippen LogP contribution in [-0.4, -0.2) is 45.2 Å². The number of fused-ring (bicyclic) bond motifs is 1. The molecular weight excluding hydrogens is 438 g/mol. The highest BCUT2D eigenvalue weighted by molar-refractivity contribution is 6.31. The Morgan fingerprint density at radius 3 is 2.61 bits per heavy atom. The van der Waals surface area contributed by atoms with Crippen LogP contribution in [0.15, 0.2) is 29.5 Å². The van der Waals surface area contributed by atoms with Gasteiger partial charge in [-0.3, -0.25) is 9.69 Å². The van der Waals surface area contributed by atoms with E-state index in [9.17, 15) is 4.79 Å². The van der Waals surface area contributed by atoms with Crippen molar-refractivity contribution in [2.45, 2.75) is 60.0 Å². The van der Waals surface area contributed by atoms with Crippen molar-refractivity contribution in [2.24, 2.45) is 0 Å². The molecule has 2 aromatic heterocycles. The van der Waals surface area contributed by atoms with Gasteiger partial charge in [-0.05, 0) is 46.2 Å². The molecule has 1 fully saturated rings. The molecule has 0 saturated carbocycles. The smallest absolute Gasteiger partial charge is 0.194 e. The minimum atomic E-state index is -0.197. The Labute approximate surface area is 200 Å². The molecule has 3 heterocycles. The highest BCUT2D eigenvalue weighted by atomic mass is 35.5. The molecule has 0 aliphatic carbocycles. The lowest BCUT2D eigenvalue weighted by Crippen LogP contribution is -2.49. The van der Waals surface area contributed by atoms with Crippen molar-refractivity contribution in [3.63, 3.8) is 0 Å². The van der Waals surface area contributed by atoms with Crippen LogP contribution in [0, 0.1) is 6.92 Å². The van der Waals surface area contributed by atoms with Crippen molar-refractivity contribution in [1.82, 2.24) is 19.4 Å². The summed E-state index contributed by atoms with van der Waals surface area (Å²) in [4.78, 5) is 23.2. The molecule has 1 aromatic carbocycles. The van der Waals surface area contributed by atoms with Gasteiger partial charge in [0, 0.05) is 53.5 Å². The molecule has 3 aromatic rings. The molecule has 1 atom stereocenters. The zero-order valence-corrected chi connectivity index (χ0v) is 20.0. The van der Waals surface area contributed by atoms with E-state index in [1.54, 1.807) is 6.20 Å². The minimum absolute atomic E-state index is 0. The number of hydrogen-bond donors (Lipinski definition) is 1. The van der Waals surface area contributed by atoms with Gasteiger partial charge < -0.3 is 15.0 Å². The second-order valence-corrected chi connectivity index (χ2v) is 9.12. The fraction of sp³-hybridized carbons (Fsp3) is 0.480. The molecule has 33 heavy (non-hydrogen) atoms. The molecule has 0 radical (unpaired) electrons. The van der Waals surface area contributed by atoms with E-state index in [1.165, 1.54) is 18.0 Å². The van der Waals surface area contributed by atoms with Crippen molar-refractivity contribution in [3.8, 4) is 5.75 Å². The van der Waals surface area contributed by atoms with E-state index in [2.05, 4.69) is 42.6 Å². The average molecular weight is 472 g/mol. The number of pyridine rings is 1. The van der Waals surface area contributed by atoms with Crippen molar-refractivity contribution in [2.75, 3.05) is 25.4 Å². The standard InChI is InChI=1S/C24H30ClN5O2.CH4/c1-6-32-22-17(9-18(25)14(4)20(22)16-10-29(11-16)13(2)3)15(5)30-8-7-19(31)21-23(26)27-12-28-24(21)30;/h7-9,12-13,15-16H,6,10-11H2,1-5H3,(H2,26,27,28);1H4. The summed E-state index contributed by atoms with van der Waals surface area (Å²) in [6, 6.07) is 3.80. The zero-order chi connectivity index (χ0) is 23.2. The molecular formula is C25H34ClN5O2. The molecule has 4 rings (SSSR count). The van der Waals surface area contributed by atoms with Gasteiger partial charge in [0.1, 0.15) is 28.9 Å². The normalized spacial score (nSPS) is 15.4. The van der Waals surface area contributed by atoms with Crippen LogP contribution in [0.25, 0.3) is 11.0 Å². The van der Waals surface area contributed by atoms with E-state index >= 15 is 0 Å². The lowest BCUT2D eigenvalue weighted by atomic mass is 9.84. The maximum atomic E-state index is 12.4. The van der Waals surface area contributed by atoms with Crippen LogP contribution in [-0.2, 0) is 0 Å². The first kappa shape index (κ1) is 25.0. The number of nitrogens with zero attached hydrogens (tertiary/aromatic N) is 4. The molecule has 7 nitrogen and oxygen atoms in total. The average Bonchev–Trinajstić information content (AvgIpc) is 2.71. The molecule has 1 unspecified atom stereocenters. The first-order valence-corrected chi connectivity index (χ1v) is 11.4. The van der Waals surface area contributed by atoms with Gasteiger partial charge in [0.15, 0.2) is 5.43 Å². The summed E-state index contributed by atoms with van der Waals surface area (Å²) >= 11 is 6.74. The van der Waals surface area contributed by atoms with Crippen LogP contribution in [0.3, 0.4) is 0 Å². The second-order valence-electron chi connectivity index (χ2n) is 8.71. The van der Waals surface area contributed by atoms with Crippen LogP contribution in [0.5, 0.6) is 5.75 Å². The van der Waals surface area contributed by atoms with Gasteiger partial charge >= 0.3 is 0 Å². The fourth-order valence-electron chi connectivity index (χ4n) is 4.57. The number of nitrogen functional groups attached to an aromatic ring is 1. The largest absolute Gasteiger partial charge is 0.493 e. The lowest BCUT2D eigenvalue weighted by Gasteiger charge is -2.43. The second kappa shape index (κ2) is 9.69. The number of nitrogens with two attached hydrogens (primary N) is 1. The fourth-order valence-corrected chi connectivity index (χ4v) is 4.79. The van der Waals surface area contributed by atoms with Gasteiger partial charge in [0.05, 0.1) is 12.6 Å². The molecule has 1 aliphatic rings. The maximum absolute atomic E-state index is 12.4. The van der Waals surface area contributed by atoms with Crippen LogP contribution in [0.4, 0.5) is 5.82 Å². The number of aromatic nitrogens is 3. The first-order valence-electron chi connectivity index (χ1n) is 11.1. The number of anilines is 1. The third-order valence-electron chi connectivity index (χ3n) is 6.49. The Morgan fingerprint density at radius 1 is 1.27 bits per heavy atom. The van der Waals surface area contributed by atoms with Gasteiger partial charge in [-0.15, -0.1) is 0 Å². The van der Waals surface area contributed by atoms with Crippen molar-refractivity contribution in [3.05, 3.63) is 56.6 Å². The van der Waals surface area contributed by atoms with Crippen LogP contribution in [0.1, 0.15) is 63.8 Å². The Balaban J connectivity index is 0.00000306. The van der Waals surface area contributed by atoms with Gasteiger partial charge in [0.2, 0.25) is 0 Å². The molecule has 178 valence electrons. The summed E-state index contributed by atoms with van der Waals surface area (Å²) < 4.78 is 8.18. The zero-order valence-electron chi connectivity index (χ0n) is 19.2. The quantitative estimate of drug-likeness (QED) is 0.556. The van der Waals surface area contributed by atoms with Gasteiger partial charge in [0.25, 0.3) is 0 Å². The maximum Gasteiger partial charge on any atom is 0.194 e. The van der Waals surface area contributed by atoms with Crippen LogP contribution in [0.2, 0.25) is 5.02 Å².